The quantitative estimate of drug-likeness (QED) is 0.567. The van der Waals surface area contributed by atoms with Crippen LogP contribution in [-0.2, 0) is 0 Å². The fourth-order valence-corrected chi connectivity index (χ4v) is 3.39. The summed E-state index contributed by atoms with van der Waals surface area (Å²) in [5.74, 6) is 2.61. The molecule has 0 aliphatic heterocycles. The first-order valence-electron chi connectivity index (χ1n) is 5.75. The molecule has 0 N–H and O–H groups in total. The van der Waals surface area contributed by atoms with Gasteiger partial charge in [-0.3, -0.25) is 0 Å². The first kappa shape index (κ1) is 10.8. The predicted molar refractivity (Wildman–Crippen MR) is 59.6 cm³/mol. The van der Waals surface area contributed by atoms with E-state index in [0.29, 0.717) is 5.41 Å². The van der Waals surface area contributed by atoms with Crippen LogP contribution in [0.1, 0.15) is 47.0 Å². The second kappa shape index (κ2) is 3.86. The molecule has 0 aromatic rings. The zero-order valence-corrected chi connectivity index (χ0v) is 9.64. The third-order valence-corrected chi connectivity index (χ3v) is 4.40. The molecule has 0 saturated heterocycles. The van der Waals surface area contributed by atoms with Crippen LogP contribution in [0.15, 0.2) is 12.7 Å². The highest BCUT2D eigenvalue weighted by atomic mass is 14.5. The minimum Gasteiger partial charge on any atom is -0.103 e. The molecule has 1 saturated carbocycles. The van der Waals surface area contributed by atoms with Gasteiger partial charge in [-0.1, -0.05) is 46.6 Å². The maximum absolute atomic E-state index is 4.06. The highest BCUT2D eigenvalue weighted by Crippen LogP contribution is 2.58. The Balaban J connectivity index is 2.77. The van der Waals surface area contributed by atoms with Crippen molar-refractivity contribution in [1.29, 1.82) is 0 Å². The maximum atomic E-state index is 4.06. The molecule has 0 nitrogen and oxygen atoms in total. The van der Waals surface area contributed by atoms with Crippen LogP contribution in [0.5, 0.6) is 0 Å². The van der Waals surface area contributed by atoms with E-state index in [0.717, 1.165) is 17.8 Å². The second-order valence-corrected chi connectivity index (χ2v) is 4.82. The van der Waals surface area contributed by atoms with Gasteiger partial charge in [0.15, 0.2) is 0 Å². The first-order chi connectivity index (χ1) is 6.12. The summed E-state index contributed by atoms with van der Waals surface area (Å²) in [7, 11) is 0. The molecule has 4 atom stereocenters. The highest BCUT2D eigenvalue weighted by Gasteiger charge is 2.50. The van der Waals surface area contributed by atoms with Gasteiger partial charge in [-0.15, -0.1) is 6.58 Å². The van der Waals surface area contributed by atoms with Crippen LogP contribution in [0, 0.1) is 23.2 Å². The molecule has 0 amide bonds. The molecule has 0 heteroatoms. The Labute approximate surface area is 83.4 Å². The molecule has 13 heavy (non-hydrogen) atoms. The van der Waals surface area contributed by atoms with Gasteiger partial charge < -0.3 is 0 Å². The van der Waals surface area contributed by atoms with E-state index < -0.39 is 0 Å². The fourth-order valence-electron chi connectivity index (χ4n) is 3.39. The number of hydrogen-bond acceptors (Lipinski definition) is 0. The van der Waals surface area contributed by atoms with Crippen molar-refractivity contribution in [3.8, 4) is 0 Å². The van der Waals surface area contributed by atoms with Crippen molar-refractivity contribution in [2.24, 2.45) is 23.2 Å². The summed E-state index contributed by atoms with van der Waals surface area (Å²) < 4.78 is 0. The molecule has 1 rings (SSSR count). The summed E-state index contributed by atoms with van der Waals surface area (Å²) in [6.07, 6.45) is 6.21. The molecular weight excluding hydrogens is 156 g/mol. The molecule has 0 bridgehead atoms. The summed E-state index contributed by atoms with van der Waals surface area (Å²) >= 11 is 0. The molecule has 0 aromatic carbocycles. The topological polar surface area (TPSA) is 0 Å². The van der Waals surface area contributed by atoms with Gasteiger partial charge in [0.05, 0.1) is 0 Å². The van der Waals surface area contributed by atoms with Gasteiger partial charge in [-0.25, -0.2) is 0 Å². The van der Waals surface area contributed by atoms with Gasteiger partial charge in [0.25, 0.3) is 0 Å². The van der Waals surface area contributed by atoms with E-state index in [2.05, 4.69) is 40.3 Å². The highest BCUT2D eigenvalue weighted by molar-refractivity contribution is 5.10. The van der Waals surface area contributed by atoms with E-state index in [-0.39, 0.29) is 0 Å². The van der Waals surface area contributed by atoms with E-state index in [1.54, 1.807) is 0 Å². The second-order valence-electron chi connectivity index (χ2n) is 4.82. The summed E-state index contributed by atoms with van der Waals surface area (Å²) in [5, 5.41) is 0. The Bertz CT molecular complexity index is 182. The van der Waals surface area contributed by atoms with Crippen LogP contribution < -0.4 is 0 Å². The summed E-state index contributed by atoms with van der Waals surface area (Å²) in [6, 6.07) is 0. The standard InChI is InChI=1S/C13H24/c1-6-11(5)13(8-3)9-10(4)12(13)7-2/h8,10-12H,3,6-7,9H2,1-2,4-5H3. The zero-order valence-electron chi connectivity index (χ0n) is 9.64. The number of rotatable bonds is 4. The van der Waals surface area contributed by atoms with Crippen LogP contribution in [0.25, 0.3) is 0 Å². The van der Waals surface area contributed by atoms with Crippen LogP contribution in [0.4, 0.5) is 0 Å². The van der Waals surface area contributed by atoms with Gasteiger partial charge in [0, 0.05) is 0 Å². The van der Waals surface area contributed by atoms with Crippen molar-refractivity contribution >= 4 is 0 Å². The molecule has 0 heterocycles. The molecule has 0 aromatic heterocycles. The molecule has 76 valence electrons. The predicted octanol–water partition coefficient (Wildman–Crippen LogP) is 4.27. The normalized spacial score (nSPS) is 40.9. The van der Waals surface area contributed by atoms with Gasteiger partial charge in [0.2, 0.25) is 0 Å². The minimum absolute atomic E-state index is 0.475. The van der Waals surface area contributed by atoms with E-state index >= 15 is 0 Å². The monoisotopic (exact) mass is 180 g/mol. The molecule has 4 unspecified atom stereocenters. The van der Waals surface area contributed by atoms with Gasteiger partial charge in [-0.2, -0.15) is 0 Å². The minimum atomic E-state index is 0.475. The molecule has 1 fully saturated rings. The molecular formula is C13H24. The fraction of sp³-hybridized carbons (Fsp3) is 0.846. The molecule has 0 spiro atoms. The molecule has 1 aliphatic rings. The van der Waals surface area contributed by atoms with Gasteiger partial charge >= 0.3 is 0 Å². The summed E-state index contributed by atoms with van der Waals surface area (Å²) in [6.45, 7) is 13.4. The van der Waals surface area contributed by atoms with Crippen LogP contribution in [0.3, 0.4) is 0 Å². The van der Waals surface area contributed by atoms with E-state index in [1.165, 1.54) is 19.3 Å². The Morgan fingerprint density at radius 2 is 2.15 bits per heavy atom. The summed E-state index contributed by atoms with van der Waals surface area (Å²) in [4.78, 5) is 0. The zero-order chi connectivity index (χ0) is 10.1. The number of allylic oxidation sites excluding steroid dienone is 1. The van der Waals surface area contributed by atoms with Crippen LogP contribution >= 0.6 is 0 Å². The van der Waals surface area contributed by atoms with Crippen molar-refractivity contribution in [2.75, 3.05) is 0 Å². The molecule has 0 radical (unpaired) electrons. The van der Waals surface area contributed by atoms with Gasteiger partial charge in [0.1, 0.15) is 0 Å². The largest absolute Gasteiger partial charge is 0.103 e. The Morgan fingerprint density at radius 1 is 1.54 bits per heavy atom. The van der Waals surface area contributed by atoms with Crippen molar-refractivity contribution in [1.82, 2.24) is 0 Å². The third kappa shape index (κ3) is 1.45. The van der Waals surface area contributed by atoms with Crippen molar-refractivity contribution in [3.63, 3.8) is 0 Å². The third-order valence-electron chi connectivity index (χ3n) is 4.40. The van der Waals surface area contributed by atoms with E-state index in [9.17, 15) is 0 Å². The lowest BCUT2D eigenvalue weighted by molar-refractivity contribution is -0.0382. The van der Waals surface area contributed by atoms with Crippen LogP contribution in [-0.4, -0.2) is 0 Å². The summed E-state index contributed by atoms with van der Waals surface area (Å²) in [5.41, 5.74) is 0.475. The lowest BCUT2D eigenvalue weighted by atomic mass is 9.48. The Morgan fingerprint density at radius 3 is 2.46 bits per heavy atom. The number of hydrogen-bond donors (Lipinski definition) is 0. The first-order valence-corrected chi connectivity index (χ1v) is 5.75. The molecule has 1 aliphatic carbocycles. The Hall–Kier alpha value is -0.260. The maximum Gasteiger partial charge on any atom is -0.00621 e. The Kier molecular flexibility index (Phi) is 3.21. The lowest BCUT2D eigenvalue weighted by Crippen LogP contribution is -2.49. The van der Waals surface area contributed by atoms with E-state index in [4.69, 9.17) is 0 Å². The van der Waals surface area contributed by atoms with Crippen molar-refractivity contribution in [3.05, 3.63) is 12.7 Å². The van der Waals surface area contributed by atoms with Crippen molar-refractivity contribution < 1.29 is 0 Å². The van der Waals surface area contributed by atoms with Crippen LogP contribution in [0.2, 0.25) is 0 Å². The van der Waals surface area contributed by atoms with E-state index in [1.807, 2.05) is 0 Å². The SMILES string of the molecule is C=CC1(C(C)CC)CC(C)C1CC. The average molecular weight is 180 g/mol. The lowest BCUT2D eigenvalue weighted by Gasteiger charge is -2.56. The van der Waals surface area contributed by atoms with Gasteiger partial charge in [-0.05, 0) is 29.6 Å². The smallest absolute Gasteiger partial charge is 0.00621 e. The van der Waals surface area contributed by atoms with Crippen molar-refractivity contribution in [2.45, 2.75) is 47.0 Å². The average Bonchev–Trinajstić information content (AvgIpc) is 2.13.